The highest BCUT2D eigenvalue weighted by Gasteiger charge is 2.24. The Balaban J connectivity index is 1.79. The number of nitrogens with one attached hydrogen (secondary N) is 2. The van der Waals surface area contributed by atoms with Gasteiger partial charge in [-0.25, -0.2) is 9.37 Å². The molecule has 24 heavy (non-hydrogen) atoms. The van der Waals surface area contributed by atoms with Gasteiger partial charge in [0, 0.05) is 55.0 Å². The number of aromatic nitrogens is 2. The van der Waals surface area contributed by atoms with Gasteiger partial charge in [0.25, 0.3) is 0 Å². The quantitative estimate of drug-likeness (QED) is 0.760. The summed E-state index contributed by atoms with van der Waals surface area (Å²) in [6, 6.07) is 8.22. The number of hydrogen-bond acceptors (Lipinski definition) is 3. The molecule has 1 amide bonds. The van der Waals surface area contributed by atoms with E-state index in [0.717, 1.165) is 34.4 Å². The molecule has 0 unspecified atom stereocenters. The van der Waals surface area contributed by atoms with Crippen molar-refractivity contribution >= 4 is 28.3 Å². The van der Waals surface area contributed by atoms with Gasteiger partial charge in [-0.1, -0.05) is 6.07 Å². The van der Waals surface area contributed by atoms with Gasteiger partial charge in [0.1, 0.15) is 11.5 Å². The maximum Gasteiger partial charge on any atom is 0.219 e. The molecule has 2 aromatic heterocycles. The van der Waals surface area contributed by atoms with E-state index >= 15 is 0 Å². The highest BCUT2D eigenvalue weighted by atomic mass is 19.1. The van der Waals surface area contributed by atoms with Gasteiger partial charge in [-0.3, -0.25) is 4.79 Å². The van der Waals surface area contributed by atoms with Crippen LogP contribution in [-0.4, -0.2) is 27.3 Å². The van der Waals surface area contributed by atoms with E-state index < -0.39 is 0 Å². The van der Waals surface area contributed by atoms with E-state index in [9.17, 15) is 9.18 Å². The lowest BCUT2D eigenvalue weighted by atomic mass is 10.0. The summed E-state index contributed by atoms with van der Waals surface area (Å²) in [6.45, 7) is 2.86. The van der Waals surface area contributed by atoms with E-state index in [1.807, 2.05) is 17.0 Å². The first kappa shape index (κ1) is 14.7. The number of benzene rings is 1. The zero-order chi connectivity index (χ0) is 16.7. The van der Waals surface area contributed by atoms with Gasteiger partial charge in [0.05, 0.1) is 5.69 Å². The monoisotopic (exact) mass is 324 g/mol. The van der Waals surface area contributed by atoms with E-state index in [1.54, 1.807) is 19.2 Å². The minimum Gasteiger partial charge on any atom is -0.355 e. The van der Waals surface area contributed by atoms with Crippen LogP contribution in [-0.2, 0) is 17.8 Å². The number of pyridine rings is 1. The predicted octanol–water partition coefficient (Wildman–Crippen LogP) is 3.35. The van der Waals surface area contributed by atoms with Crippen LogP contribution in [0.2, 0.25) is 0 Å². The van der Waals surface area contributed by atoms with Crippen LogP contribution in [0.5, 0.6) is 0 Å². The van der Waals surface area contributed by atoms with Gasteiger partial charge in [-0.2, -0.15) is 0 Å². The molecule has 0 radical (unpaired) electrons. The SMILES string of the molecule is CC(=O)N1CCc2[nH]c3nccc(Nc4cccc(F)c4)c3c2C1. The maximum atomic E-state index is 13.4. The summed E-state index contributed by atoms with van der Waals surface area (Å²) in [5, 5.41) is 4.23. The molecule has 4 rings (SSSR count). The molecule has 0 saturated heterocycles. The standard InChI is InChI=1S/C18H17FN4O/c1-11(24)23-8-6-15-14(10-23)17-16(5-7-20-18(17)22-15)21-13-4-2-3-12(19)9-13/h2-5,7,9H,6,8,10H2,1H3,(H2,20,21,22). The number of carbonyl (C=O) groups excluding carboxylic acids is 1. The molecule has 1 aromatic carbocycles. The molecule has 0 atom stereocenters. The van der Waals surface area contributed by atoms with Crippen LogP contribution < -0.4 is 5.32 Å². The lowest BCUT2D eigenvalue weighted by molar-refractivity contribution is -0.129. The lowest BCUT2D eigenvalue weighted by Gasteiger charge is -2.26. The highest BCUT2D eigenvalue weighted by Crippen LogP contribution is 2.33. The fraction of sp³-hybridized carbons (Fsp3) is 0.222. The van der Waals surface area contributed by atoms with E-state index in [-0.39, 0.29) is 11.7 Å². The lowest BCUT2D eigenvalue weighted by Crippen LogP contribution is -2.33. The van der Waals surface area contributed by atoms with Crippen LogP contribution in [0, 0.1) is 5.82 Å². The molecule has 6 heteroatoms. The highest BCUT2D eigenvalue weighted by molar-refractivity contribution is 5.95. The summed E-state index contributed by atoms with van der Waals surface area (Å²) in [7, 11) is 0. The Kier molecular flexibility index (Phi) is 3.45. The molecular formula is C18H17FN4O. The molecule has 0 aliphatic carbocycles. The Morgan fingerprint density at radius 3 is 3.04 bits per heavy atom. The van der Waals surface area contributed by atoms with Crippen molar-refractivity contribution in [2.24, 2.45) is 0 Å². The summed E-state index contributed by atoms with van der Waals surface area (Å²) in [4.78, 5) is 21.3. The molecule has 1 aliphatic rings. The number of halogens is 1. The second-order valence-corrected chi connectivity index (χ2v) is 5.99. The number of rotatable bonds is 2. The molecule has 0 bridgehead atoms. The molecule has 1 aliphatic heterocycles. The second kappa shape index (κ2) is 5.63. The van der Waals surface area contributed by atoms with Crippen molar-refractivity contribution in [3.63, 3.8) is 0 Å². The Labute approximate surface area is 138 Å². The maximum absolute atomic E-state index is 13.4. The van der Waals surface area contributed by atoms with E-state index in [1.165, 1.54) is 12.1 Å². The van der Waals surface area contributed by atoms with Gasteiger partial charge >= 0.3 is 0 Å². The molecule has 2 N–H and O–H groups in total. The van der Waals surface area contributed by atoms with Gasteiger partial charge in [-0.05, 0) is 24.3 Å². The smallest absolute Gasteiger partial charge is 0.219 e. The van der Waals surface area contributed by atoms with Crippen molar-refractivity contribution in [3.8, 4) is 0 Å². The third-order valence-corrected chi connectivity index (χ3v) is 4.42. The van der Waals surface area contributed by atoms with Crippen LogP contribution in [0.25, 0.3) is 11.0 Å². The van der Waals surface area contributed by atoms with Crippen molar-refractivity contribution in [2.45, 2.75) is 19.9 Å². The largest absolute Gasteiger partial charge is 0.355 e. The topological polar surface area (TPSA) is 61.0 Å². The van der Waals surface area contributed by atoms with E-state index in [2.05, 4.69) is 15.3 Å². The van der Waals surface area contributed by atoms with Crippen molar-refractivity contribution in [3.05, 3.63) is 53.6 Å². The van der Waals surface area contributed by atoms with Gasteiger partial charge < -0.3 is 15.2 Å². The van der Waals surface area contributed by atoms with Crippen LogP contribution in [0.15, 0.2) is 36.5 Å². The number of H-pyrrole nitrogens is 1. The van der Waals surface area contributed by atoms with Crippen molar-refractivity contribution < 1.29 is 9.18 Å². The van der Waals surface area contributed by atoms with Gasteiger partial charge in [0.2, 0.25) is 5.91 Å². The van der Waals surface area contributed by atoms with Gasteiger partial charge in [-0.15, -0.1) is 0 Å². The van der Waals surface area contributed by atoms with Crippen LogP contribution in [0.1, 0.15) is 18.2 Å². The zero-order valence-corrected chi connectivity index (χ0v) is 13.3. The first-order valence-corrected chi connectivity index (χ1v) is 7.88. The average Bonchev–Trinajstić information content (AvgIpc) is 2.93. The molecule has 0 spiro atoms. The summed E-state index contributed by atoms with van der Waals surface area (Å²) >= 11 is 0. The van der Waals surface area contributed by atoms with Crippen LogP contribution >= 0.6 is 0 Å². The van der Waals surface area contributed by atoms with Crippen molar-refractivity contribution in [1.82, 2.24) is 14.9 Å². The third-order valence-electron chi connectivity index (χ3n) is 4.42. The first-order valence-electron chi connectivity index (χ1n) is 7.88. The minimum absolute atomic E-state index is 0.0681. The van der Waals surface area contributed by atoms with Gasteiger partial charge in [0.15, 0.2) is 0 Å². The number of fused-ring (bicyclic) bond motifs is 3. The average molecular weight is 324 g/mol. The number of carbonyl (C=O) groups is 1. The second-order valence-electron chi connectivity index (χ2n) is 5.99. The number of hydrogen-bond donors (Lipinski definition) is 2. The zero-order valence-electron chi connectivity index (χ0n) is 13.3. The predicted molar refractivity (Wildman–Crippen MR) is 90.6 cm³/mol. The third kappa shape index (κ3) is 2.50. The van der Waals surface area contributed by atoms with E-state index in [4.69, 9.17) is 0 Å². The summed E-state index contributed by atoms with van der Waals surface area (Å²) in [5.41, 5.74) is 4.51. The number of anilines is 2. The van der Waals surface area contributed by atoms with Crippen LogP contribution in [0.4, 0.5) is 15.8 Å². The molecule has 0 saturated carbocycles. The molecular weight excluding hydrogens is 307 g/mol. The number of nitrogens with zero attached hydrogens (tertiary/aromatic N) is 2. The molecule has 5 nitrogen and oxygen atoms in total. The van der Waals surface area contributed by atoms with Crippen LogP contribution in [0.3, 0.4) is 0 Å². The summed E-state index contributed by atoms with van der Waals surface area (Å²) in [5.74, 6) is -0.220. The van der Waals surface area contributed by atoms with Crippen molar-refractivity contribution in [1.29, 1.82) is 0 Å². The fourth-order valence-electron chi connectivity index (χ4n) is 3.23. The minimum atomic E-state index is -0.288. The molecule has 122 valence electrons. The number of amides is 1. The molecule has 0 fully saturated rings. The normalized spacial score (nSPS) is 13.8. The Bertz CT molecular complexity index is 934. The Morgan fingerprint density at radius 1 is 1.38 bits per heavy atom. The summed E-state index contributed by atoms with van der Waals surface area (Å²) in [6.07, 6.45) is 2.50. The molecule has 3 heterocycles. The Hall–Kier alpha value is -2.89. The Morgan fingerprint density at radius 2 is 2.25 bits per heavy atom. The molecule has 3 aromatic rings. The van der Waals surface area contributed by atoms with E-state index in [0.29, 0.717) is 18.8 Å². The summed E-state index contributed by atoms with van der Waals surface area (Å²) < 4.78 is 13.4. The first-order chi connectivity index (χ1) is 11.6. The van der Waals surface area contributed by atoms with Crippen molar-refractivity contribution in [2.75, 3.05) is 11.9 Å². The fourth-order valence-corrected chi connectivity index (χ4v) is 3.23. The number of aromatic amines is 1.